The Labute approximate surface area is 124 Å². The van der Waals surface area contributed by atoms with Crippen LogP contribution in [0.4, 0.5) is 0 Å². The van der Waals surface area contributed by atoms with Gasteiger partial charge in [-0.05, 0) is 35.2 Å². The highest BCUT2D eigenvalue weighted by Gasteiger charge is 2.19. The van der Waals surface area contributed by atoms with Gasteiger partial charge in [0.25, 0.3) is 0 Å². The predicted octanol–water partition coefficient (Wildman–Crippen LogP) is 4.33. The van der Waals surface area contributed by atoms with Crippen molar-refractivity contribution in [2.24, 2.45) is 0 Å². The van der Waals surface area contributed by atoms with Crippen LogP contribution < -0.4 is 14.2 Å². The van der Waals surface area contributed by atoms with Crippen molar-refractivity contribution in [2.75, 3.05) is 21.3 Å². The molecule has 0 fully saturated rings. The van der Waals surface area contributed by atoms with Crippen molar-refractivity contribution in [1.29, 1.82) is 0 Å². The molecule has 0 heterocycles. The number of hydrogen-bond donors (Lipinski definition) is 0. The summed E-state index contributed by atoms with van der Waals surface area (Å²) in [5.41, 5.74) is 1.05. The van der Waals surface area contributed by atoms with Crippen LogP contribution in [0.5, 0.6) is 17.2 Å². The Balaban J connectivity index is 2.52. The first-order valence-corrected chi connectivity index (χ1v) is 6.82. The highest BCUT2D eigenvalue weighted by Crippen LogP contribution is 2.47. The normalized spacial score (nSPS) is 10.9. The summed E-state index contributed by atoms with van der Waals surface area (Å²) in [6.07, 6.45) is 0. The maximum Gasteiger partial charge on any atom is 0.204 e. The molecule has 0 radical (unpaired) electrons. The van der Waals surface area contributed by atoms with E-state index in [9.17, 15) is 0 Å². The number of hydrogen-bond acceptors (Lipinski definition) is 3. The first-order chi connectivity index (χ1) is 10.2. The Morgan fingerprint density at radius 3 is 1.71 bits per heavy atom. The van der Waals surface area contributed by atoms with Crippen LogP contribution in [-0.2, 0) is 0 Å². The molecule has 0 spiro atoms. The fourth-order valence-electron chi connectivity index (χ4n) is 2.89. The van der Waals surface area contributed by atoms with Crippen LogP contribution in [-0.4, -0.2) is 21.3 Å². The summed E-state index contributed by atoms with van der Waals surface area (Å²) in [5, 5.41) is 4.52. The number of aryl methyl sites for hydroxylation is 1. The third-order valence-electron chi connectivity index (χ3n) is 3.90. The van der Waals surface area contributed by atoms with Crippen molar-refractivity contribution in [3.63, 3.8) is 0 Å². The summed E-state index contributed by atoms with van der Waals surface area (Å²) >= 11 is 0. The molecule has 0 bridgehead atoms. The number of rotatable bonds is 3. The van der Waals surface area contributed by atoms with Crippen molar-refractivity contribution in [1.82, 2.24) is 0 Å². The third kappa shape index (κ3) is 1.97. The molecule has 0 atom stereocenters. The summed E-state index contributed by atoms with van der Waals surface area (Å²) < 4.78 is 16.6. The van der Waals surface area contributed by atoms with Crippen LogP contribution in [0.3, 0.4) is 0 Å². The second-order valence-electron chi connectivity index (χ2n) is 4.97. The second kappa shape index (κ2) is 5.17. The molecule has 3 aromatic rings. The van der Waals surface area contributed by atoms with Crippen molar-refractivity contribution in [2.45, 2.75) is 6.92 Å². The standard InChI is InChI=1S/C18H18O3/c1-11-14-9-12-7-5-6-8-13(12)10-15(14)17(20-3)18(21-4)16(11)19-2/h5-10H,1-4H3. The van der Waals surface area contributed by atoms with Crippen LogP contribution in [0.25, 0.3) is 21.5 Å². The zero-order valence-electron chi connectivity index (χ0n) is 12.7. The molecule has 3 heteroatoms. The quantitative estimate of drug-likeness (QED) is 0.669. The zero-order chi connectivity index (χ0) is 15.0. The van der Waals surface area contributed by atoms with Crippen molar-refractivity contribution in [3.8, 4) is 17.2 Å². The molecule has 3 aromatic carbocycles. The highest BCUT2D eigenvalue weighted by atomic mass is 16.5. The zero-order valence-corrected chi connectivity index (χ0v) is 12.7. The van der Waals surface area contributed by atoms with Crippen molar-refractivity contribution < 1.29 is 14.2 Å². The third-order valence-corrected chi connectivity index (χ3v) is 3.90. The summed E-state index contributed by atoms with van der Waals surface area (Å²) in [6, 6.07) is 12.6. The lowest BCUT2D eigenvalue weighted by atomic mass is 9.98. The minimum Gasteiger partial charge on any atom is -0.492 e. The molecule has 0 amide bonds. The van der Waals surface area contributed by atoms with Gasteiger partial charge in [-0.1, -0.05) is 24.3 Å². The fraction of sp³-hybridized carbons (Fsp3) is 0.222. The fourth-order valence-corrected chi connectivity index (χ4v) is 2.89. The molecular formula is C18H18O3. The van der Waals surface area contributed by atoms with E-state index in [4.69, 9.17) is 14.2 Å². The monoisotopic (exact) mass is 282 g/mol. The largest absolute Gasteiger partial charge is 0.492 e. The average Bonchev–Trinajstić information content (AvgIpc) is 2.53. The predicted molar refractivity (Wildman–Crippen MR) is 85.8 cm³/mol. The van der Waals surface area contributed by atoms with Crippen LogP contribution >= 0.6 is 0 Å². The Kier molecular flexibility index (Phi) is 3.34. The summed E-state index contributed by atoms with van der Waals surface area (Å²) in [6.45, 7) is 2.04. The lowest BCUT2D eigenvalue weighted by Crippen LogP contribution is -1.98. The van der Waals surface area contributed by atoms with E-state index in [1.54, 1.807) is 21.3 Å². The van der Waals surface area contributed by atoms with E-state index in [0.717, 1.165) is 22.1 Å². The van der Waals surface area contributed by atoms with E-state index in [-0.39, 0.29) is 0 Å². The van der Waals surface area contributed by atoms with E-state index < -0.39 is 0 Å². The Morgan fingerprint density at radius 1 is 0.667 bits per heavy atom. The van der Waals surface area contributed by atoms with Gasteiger partial charge in [0.05, 0.1) is 21.3 Å². The number of methoxy groups -OCH3 is 3. The summed E-state index contributed by atoms with van der Waals surface area (Å²) in [5.74, 6) is 2.07. The van der Waals surface area contributed by atoms with Crippen LogP contribution in [0.15, 0.2) is 36.4 Å². The topological polar surface area (TPSA) is 27.7 Å². The molecule has 3 nitrogen and oxygen atoms in total. The van der Waals surface area contributed by atoms with Crippen LogP contribution in [0, 0.1) is 6.92 Å². The van der Waals surface area contributed by atoms with Crippen molar-refractivity contribution >= 4 is 21.5 Å². The number of fused-ring (bicyclic) bond motifs is 2. The van der Waals surface area contributed by atoms with Gasteiger partial charge in [0.15, 0.2) is 11.5 Å². The van der Waals surface area contributed by atoms with E-state index in [1.165, 1.54) is 10.8 Å². The van der Waals surface area contributed by atoms with Gasteiger partial charge in [-0.2, -0.15) is 0 Å². The van der Waals surface area contributed by atoms with Crippen molar-refractivity contribution in [3.05, 3.63) is 42.0 Å². The van der Waals surface area contributed by atoms with E-state index in [2.05, 4.69) is 24.3 Å². The van der Waals surface area contributed by atoms with E-state index >= 15 is 0 Å². The molecule has 0 aromatic heterocycles. The molecule has 108 valence electrons. The lowest BCUT2D eigenvalue weighted by molar-refractivity contribution is 0.326. The van der Waals surface area contributed by atoms with Gasteiger partial charge in [-0.15, -0.1) is 0 Å². The molecule has 0 saturated carbocycles. The minimum absolute atomic E-state index is 0.639. The maximum atomic E-state index is 5.59. The van der Waals surface area contributed by atoms with Gasteiger partial charge in [0.2, 0.25) is 5.75 Å². The van der Waals surface area contributed by atoms with Gasteiger partial charge in [0.1, 0.15) is 0 Å². The molecule has 0 aliphatic carbocycles. The number of benzene rings is 3. The van der Waals surface area contributed by atoms with Gasteiger partial charge in [0, 0.05) is 10.9 Å². The van der Waals surface area contributed by atoms with Gasteiger partial charge >= 0.3 is 0 Å². The molecule has 0 N–H and O–H groups in total. The highest BCUT2D eigenvalue weighted by molar-refractivity contribution is 6.04. The summed E-state index contributed by atoms with van der Waals surface area (Å²) in [4.78, 5) is 0. The van der Waals surface area contributed by atoms with E-state index in [1.807, 2.05) is 19.1 Å². The maximum absolute atomic E-state index is 5.59. The number of ether oxygens (including phenoxy) is 3. The molecule has 0 aliphatic heterocycles. The van der Waals surface area contributed by atoms with Gasteiger partial charge in [-0.3, -0.25) is 0 Å². The molecule has 0 saturated heterocycles. The summed E-state index contributed by atoms with van der Waals surface area (Å²) in [7, 11) is 4.94. The van der Waals surface area contributed by atoms with E-state index in [0.29, 0.717) is 11.5 Å². The first kappa shape index (κ1) is 13.6. The first-order valence-electron chi connectivity index (χ1n) is 6.82. The lowest BCUT2D eigenvalue weighted by Gasteiger charge is -2.18. The Bertz CT molecular complexity index is 822. The molecule has 0 unspecified atom stereocenters. The van der Waals surface area contributed by atoms with Crippen LogP contribution in [0.1, 0.15) is 5.56 Å². The van der Waals surface area contributed by atoms with Crippen LogP contribution in [0.2, 0.25) is 0 Å². The minimum atomic E-state index is 0.639. The molecular weight excluding hydrogens is 264 g/mol. The molecule has 0 aliphatic rings. The Hall–Kier alpha value is -2.42. The SMILES string of the molecule is COc1c(OC)c(OC)c2cc3ccccc3cc2c1C. The molecule has 3 rings (SSSR count). The van der Waals surface area contributed by atoms with Gasteiger partial charge in [-0.25, -0.2) is 0 Å². The smallest absolute Gasteiger partial charge is 0.204 e. The van der Waals surface area contributed by atoms with Gasteiger partial charge < -0.3 is 14.2 Å². The Morgan fingerprint density at radius 2 is 1.19 bits per heavy atom. The average molecular weight is 282 g/mol. The second-order valence-corrected chi connectivity index (χ2v) is 4.97. The molecule has 21 heavy (non-hydrogen) atoms.